The molecule has 2 rings (SSSR count). The lowest BCUT2D eigenvalue weighted by atomic mass is 9.69. The maximum absolute atomic E-state index is 16.3. The summed E-state index contributed by atoms with van der Waals surface area (Å²) in [6.07, 6.45) is -1.32. The molecule has 1 aromatic heterocycles. The number of ether oxygens (including phenoxy) is 2. The molecule has 0 spiro atoms. The van der Waals surface area contributed by atoms with E-state index in [9.17, 15) is 29.4 Å². The first-order chi connectivity index (χ1) is 11.9. The number of aromatic nitrogens is 2. The standard InChI is InChI=1S/C15H19FN2O8/c1-7-5-18(12(22)17-10(7)21)15(16)11(25-4)26-6-13(23,8(2)19)14(15,24)9(3)20/h5,11,23-24H,6H2,1-4H3,(H,17,21,22)/t11-,13+,14+,15-/m1/s1. The summed E-state index contributed by atoms with van der Waals surface area (Å²) < 4.78 is 26.3. The van der Waals surface area contributed by atoms with Gasteiger partial charge in [0.15, 0.2) is 17.2 Å². The summed E-state index contributed by atoms with van der Waals surface area (Å²) in [6.45, 7) is 1.85. The van der Waals surface area contributed by atoms with Crippen LogP contribution in [0.1, 0.15) is 19.4 Å². The van der Waals surface area contributed by atoms with Gasteiger partial charge in [-0.25, -0.2) is 9.18 Å². The Bertz CT molecular complexity index is 879. The van der Waals surface area contributed by atoms with Crippen molar-refractivity contribution in [3.63, 3.8) is 0 Å². The van der Waals surface area contributed by atoms with Crippen LogP contribution in [0.2, 0.25) is 0 Å². The molecule has 10 nitrogen and oxygen atoms in total. The normalized spacial score (nSPS) is 34.5. The van der Waals surface area contributed by atoms with Gasteiger partial charge in [0.2, 0.25) is 11.9 Å². The van der Waals surface area contributed by atoms with E-state index >= 15 is 4.39 Å². The summed E-state index contributed by atoms with van der Waals surface area (Å²) in [4.78, 5) is 49.8. The van der Waals surface area contributed by atoms with Crippen LogP contribution in [0.5, 0.6) is 0 Å². The number of carbonyl (C=O) groups is 2. The quantitative estimate of drug-likeness (QED) is 0.554. The number of methoxy groups -OCH3 is 1. The lowest BCUT2D eigenvalue weighted by Crippen LogP contribution is -2.81. The highest BCUT2D eigenvalue weighted by Gasteiger charge is 2.76. The van der Waals surface area contributed by atoms with E-state index in [0.29, 0.717) is 0 Å². The number of nitrogens with one attached hydrogen (secondary N) is 1. The van der Waals surface area contributed by atoms with Crippen molar-refractivity contribution in [1.29, 1.82) is 0 Å². The summed E-state index contributed by atoms with van der Waals surface area (Å²) in [5, 5.41) is 21.6. The number of aromatic amines is 1. The number of carbonyl (C=O) groups excluding carboxylic acids is 2. The fourth-order valence-electron chi connectivity index (χ4n) is 3.09. The molecule has 1 aliphatic rings. The minimum absolute atomic E-state index is 0.140. The van der Waals surface area contributed by atoms with Gasteiger partial charge in [-0.1, -0.05) is 0 Å². The smallest absolute Gasteiger partial charge is 0.331 e. The fourth-order valence-corrected chi connectivity index (χ4v) is 3.09. The van der Waals surface area contributed by atoms with Crippen LogP contribution in [0.15, 0.2) is 15.8 Å². The van der Waals surface area contributed by atoms with Crippen molar-refractivity contribution < 1.29 is 33.7 Å². The van der Waals surface area contributed by atoms with E-state index in [1.165, 1.54) is 6.92 Å². The molecule has 0 saturated carbocycles. The van der Waals surface area contributed by atoms with Crippen LogP contribution in [0.4, 0.5) is 4.39 Å². The van der Waals surface area contributed by atoms with E-state index in [4.69, 9.17) is 9.47 Å². The van der Waals surface area contributed by atoms with E-state index in [0.717, 1.165) is 27.2 Å². The molecule has 0 amide bonds. The number of aliphatic hydroxyl groups is 2. The SMILES string of the molecule is CO[C@@H]1OC[C@](O)(C(C)=O)[C@@](O)(C(C)=O)[C@]1(F)n1cc(C)c(=O)[nH]c1=O. The molecule has 0 radical (unpaired) electrons. The van der Waals surface area contributed by atoms with Crippen LogP contribution in [-0.2, 0) is 24.9 Å². The third-order valence-corrected chi connectivity index (χ3v) is 4.64. The summed E-state index contributed by atoms with van der Waals surface area (Å²) in [5.74, 6) is -6.09. The Morgan fingerprint density at radius 1 is 1.35 bits per heavy atom. The highest BCUT2D eigenvalue weighted by Crippen LogP contribution is 2.48. The van der Waals surface area contributed by atoms with Crippen LogP contribution in [0.3, 0.4) is 0 Å². The van der Waals surface area contributed by atoms with Crippen molar-refractivity contribution in [2.45, 2.75) is 44.1 Å². The highest BCUT2D eigenvalue weighted by atomic mass is 19.1. The van der Waals surface area contributed by atoms with Crippen LogP contribution < -0.4 is 11.2 Å². The number of hydrogen-bond donors (Lipinski definition) is 3. The zero-order valence-electron chi connectivity index (χ0n) is 14.5. The predicted octanol–water partition coefficient (Wildman–Crippen LogP) is -1.89. The molecular formula is C15H19FN2O8. The van der Waals surface area contributed by atoms with Gasteiger partial charge in [0.05, 0.1) is 6.61 Å². The zero-order valence-corrected chi connectivity index (χ0v) is 14.5. The van der Waals surface area contributed by atoms with E-state index in [1.54, 1.807) is 0 Å². The van der Waals surface area contributed by atoms with Gasteiger partial charge in [0.25, 0.3) is 11.4 Å². The Labute approximate surface area is 146 Å². The van der Waals surface area contributed by atoms with Crippen molar-refractivity contribution in [2.75, 3.05) is 13.7 Å². The lowest BCUT2D eigenvalue weighted by Gasteiger charge is -2.53. The van der Waals surface area contributed by atoms with Gasteiger partial charge in [0.1, 0.15) is 0 Å². The van der Waals surface area contributed by atoms with Crippen LogP contribution in [-0.4, -0.2) is 62.5 Å². The molecule has 0 bridgehead atoms. The first-order valence-corrected chi connectivity index (χ1v) is 7.51. The Hall–Kier alpha value is -2.21. The molecule has 1 saturated heterocycles. The number of aryl methyl sites for hydroxylation is 1. The summed E-state index contributed by atoms with van der Waals surface area (Å²) in [5.41, 5.74) is -8.76. The molecule has 1 fully saturated rings. The molecule has 0 unspecified atom stereocenters. The Balaban J connectivity index is 2.97. The number of H-pyrrole nitrogens is 1. The maximum atomic E-state index is 16.3. The van der Waals surface area contributed by atoms with Crippen molar-refractivity contribution in [1.82, 2.24) is 9.55 Å². The zero-order chi connectivity index (χ0) is 20.1. The summed E-state index contributed by atoms with van der Waals surface area (Å²) in [6, 6.07) is 0. The van der Waals surface area contributed by atoms with Gasteiger partial charge >= 0.3 is 5.69 Å². The molecule has 0 aliphatic carbocycles. The molecule has 26 heavy (non-hydrogen) atoms. The Morgan fingerprint density at radius 2 is 1.92 bits per heavy atom. The van der Waals surface area contributed by atoms with Gasteiger partial charge < -0.3 is 19.7 Å². The first kappa shape index (κ1) is 20.1. The van der Waals surface area contributed by atoms with Gasteiger partial charge in [-0.05, 0) is 20.8 Å². The number of halogens is 1. The average molecular weight is 374 g/mol. The second kappa shape index (κ2) is 6.20. The van der Waals surface area contributed by atoms with Crippen molar-refractivity contribution >= 4 is 11.6 Å². The van der Waals surface area contributed by atoms with Gasteiger partial charge in [0, 0.05) is 18.9 Å². The molecule has 144 valence electrons. The predicted molar refractivity (Wildman–Crippen MR) is 83.2 cm³/mol. The molecule has 1 aromatic rings. The molecule has 0 aromatic carbocycles. The number of alkyl halides is 1. The summed E-state index contributed by atoms with van der Waals surface area (Å²) in [7, 11) is 0.973. The lowest BCUT2D eigenvalue weighted by molar-refractivity contribution is -0.360. The Kier molecular flexibility index (Phi) is 4.79. The molecule has 1 aliphatic heterocycles. The van der Waals surface area contributed by atoms with Gasteiger partial charge in [-0.15, -0.1) is 0 Å². The monoisotopic (exact) mass is 374 g/mol. The van der Waals surface area contributed by atoms with Gasteiger partial charge in [-0.3, -0.25) is 23.9 Å². The largest absolute Gasteiger partial charge is 0.376 e. The fraction of sp³-hybridized carbons (Fsp3) is 0.600. The number of rotatable bonds is 4. The number of Topliss-reactive ketones (excluding diaryl/α,β-unsaturated/α-hetero) is 2. The van der Waals surface area contributed by atoms with Crippen LogP contribution in [0, 0.1) is 6.92 Å². The number of ketones is 2. The van der Waals surface area contributed by atoms with E-state index in [-0.39, 0.29) is 10.1 Å². The number of hydrogen-bond acceptors (Lipinski definition) is 8. The second-order valence-electron chi connectivity index (χ2n) is 6.18. The van der Waals surface area contributed by atoms with Crippen LogP contribution in [0.25, 0.3) is 0 Å². The third kappa shape index (κ3) is 2.31. The van der Waals surface area contributed by atoms with Crippen molar-refractivity contribution in [3.8, 4) is 0 Å². The Morgan fingerprint density at radius 3 is 2.38 bits per heavy atom. The minimum atomic E-state index is -3.57. The van der Waals surface area contributed by atoms with Crippen LogP contribution >= 0.6 is 0 Å². The van der Waals surface area contributed by atoms with E-state index in [1.807, 2.05) is 4.98 Å². The molecular weight excluding hydrogens is 355 g/mol. The second-order valence-corrected chi connectivity index (χ2v) is 6.18. The number of nitrogens with zero attached hydrogens (tertiary/aromatic N) is 1. The maximum Gasteiger partial charge on any atom is 0.331 e. The summed E-state index contributed by atoms with van der Waals surface area (Å²) >= 11 is 0. The van der Waals surface area contributed by atoms with E-state index in [2.05, 4.69) is 0 Å². The minimum Gasteiger partial charge on any atom is -0.376 e. The first-order valence-electron chi connectivity index (χ1n) is 7.51. The molecule has 3 N–H and O–H groups in total. The molecule has 4 atom stereocenters. The topological polar surface area (TPSA) is 148 Å². The van der Waals surface area contributed by atoms with Crippen molar-refractivity contribution in [3.05, 3.63) is 32.6 Å². The third-order valence-electron chi connectivity index (χ3n) is 4.64. The average Bonchev–Trinajstić information content (AvgIpc) is 2.55. The van der Waals surface area contributed by atoms with E-state index < -0.39 is 52.7 Å². The van der Waals surface area contributed by atoms with Gasteiger partial charge in [-0.2, -0.15) is 0 Å². The highest BCUT2D eigenvalue weighted by molar-refractivity contribution is 5.98. The van der Waals surface area contributed by atoms with Crippen molar-refractivity contribution in [2.24, 2.45) is 0 Å². The molecule has 2 heterocycles. The molecule has 11 heteroatoms.